The van der Waals surface area contributed by atoms with Gasteiger partial charge in [-0.3, -0.25) is 10.2 Å². The van der Waals surface area contributed by atoms with E-state index in [1.54, 1.807) is 0 Å². The number of carbonyl (C=O) groups excluding carboxylic acids is 1. The van der Waals surface area contributed by atoms with Gasteiger partial charge in [0.2, 0.25) is 5.91 Å². The Labute approximate surface area is 142 Å². The quantitative estimate of drug-likeness (QED) is 0.881. The van der Waals surface area contributed by atoms with Gasteiger partial charge in [-0.15, -0.1) is 0 Å². The molecule has 0 saturated carbocycles. The van der Waals surface area contributed by atoms with Gasteiger partial charge in [0.05, 0.1) is 12.0 Å². The maximum atomic E-state index is 12.9. The molecule has 2 heterocycles. The molecule has 2 aliphatic heterocycles. The van der Waals surface area contributed by atoms with Gasteiger partial charge in [-0.05, 0) is 44.6 Å². The second-order valence-electron chi connectivity index (χ2n) is 6.68. The van der Waals surface area contributed by atoms with Crippen LogP contribution < -0.4 is 10.9 Å². The average Bonchev–Trinajstić information content (AvgIpc) is 3.04. The second-order valence-corrected chi connectivity index (χ2v) is 7.12. The Morgan fingerprint density at radius 1 is 1.22 bits per heavy atom. The van der Waals surface area contributed by atoms with Gasteiger partial charge in [-0.25, -0.2) is 5.43 Å². The molecule has 0 aromatic heterocycles. The summed E-state index contributed by atoms with van der Waals surface area (Å²) in [4.78, 5) is 17.2. The fourth-order valence-electron chi connectivity index (χ4n) is 3.55. The van der Waals surface area contributed by atoms with Gasteiger partial charge < -0.3 is 9.80 Å². The normalized spacial score (nSPS) is 26.0. The molecule has 0 bridgehead atoms. The van der Waals surface area contributed by atoms with Crippen molar-refractivity contribution < 1.29 is 4.79 Å². The molecule has 2 N–H and O–H groups in total. The van der Waals surface area contributed by atoms with E-state index in [1.165, 1.54) is 0 Å². The highest BCUT2D eigenvalue weighted by Gasteiger charge is 2.37. The summed E-state index contributed by atoms with van der Waals surface area (Å²) in [6, 6.07) is 8.33. The lowest BCUT2D eigenvalue weighted by atomic mass is 9.92. The van der Waals surface area contributed by atoms with Crippen molar-refractivity contribution in [1.82, 2.24) is 20.7 Å². The van der Waals surface area contributed by atoms with Crippen molar-refractivity contribution in [3.8, 4) is 0 Å². The van der Waals surface area contributed by atoms with Crippen molar-refractivity contribution >= 4 is 17.5 Å². The molecule has 126 valence electrons. The third kappa shape index (κ3) is 3.69. The van der Waals surface area contributed by atoms with E-state index in [1.807, 2.05) is 29.2 Å². The van der Waals surface area contributed by atoms with Crippen molar-refractivity contribution in [1.29, 1.82) is 0 Å². The minimum absolute atomic E-state index is 0.00587. The molecule has 6 heteroatoms. The monoisotopic (exact) mass is 336 g/mol. The van der Waals surface area contributed by atoms with Crippen LogP contribution in [0.5, 0.6) is 0 Å². The van der Waals surface area contributed by atoms with Crippen molar-refractivity contribution in [2.24, 2.45) is 5.92 Å². The lowest BCUT2D eigenvalue weighted by Crippen LogP contribution is -2.47. The Morgan fingerprint density at radius 2 is 1.87 bits per heavy atom. The van der Waals surface area contributed by atoms with Crippen LogP contribution in [0.25, 0.3) is 0 Å². The van der Waals surface area contributed by atoms with Gasteiger partial charge in [0.25, 0.3) is 0 Å². The third-order valence-corrected chi connectivity index (χ3v) is 5.29. The van der Waals surface area contributed by atoms with Crippen LogP contribution in [0.4, 0.5) is 0 Å². The molecule has 2 unspecified atom stereocenters. The molecule has 2 atom stereocenters. The summed E-state index contributed by atoms with van der Waals surface area (Å²) in [7, 11) is 4.23. The van der Waals surface area contributed by atoms with Crippen LogP contribution in [0.15, 0.2) is 24.3 Å². The second kappa shape index (κ2) is 7.18. The maximum absolute atomic E-state index is 12.9. The predicted octanol–water partition coefficient (Wildman–Crippen LogP) is 1.66. The number of hydrogen-bond acceptors (Lipinski definition) is 4. The first-order valence-electron chi connectivity index (χ1n) is 8.25. The van der Waals surface area contributed by atoms with E-state index in [0.717, 1.165) is 31.5 Å². The number of carbonyl (C=O) groups is 1. The number of amides is 1. The molecule has 2 saturated heterocycles. The van der Waals surface area contributed by atoms with E-state index in [-0.39, 0.29) is 17.9 Å². The number of rotatable bonds is 3. The van der Waals surface area contributed by atoms with Gasteiger partial charge in [0.1, 0.15) is 0 Å². The molecule has 2 aliphatic rings. The fraction of sp³-hybridized carbons (Fsp3) is 0.588. The number of piperidine rings is 1. The predicted molar refractivity (Wildman–Crippen MR) is 92.1 cm³/mol. The molecule has 3 rings (SSSR count). The number of hydrazine groups is 1. The number of nitrogens with zero attached hydrogens (tertiary/aromatic N) is 2. The highest BCUT2D eigenvalue weighted by molar-refractivity contribution is 6.30. The van der Waals surface area contributed by atoms with Crippen molar-refractivity contribution in [2.75, 3.05) is 33.7 Å². The smallest absolute Gasteiger partial charge is 0.229 e. The lowest BCUT2D eigenvalue weighted by molar-refractivity contribution is -0.137. The minimum Gasteiger partial charge on any atom is -0.342 e. The van der Waals surface area contributed by atoms with Crippen LogP contribution in [0.3, 0.4) is 0 Å². The standard InChI is InChI=1S/C17H25ClN4O/c1-21(2)14-7-9-22(10-8-14)17(23)15-11-19-20-16(15)12-3-5-13(18)6-4-12/h3-6,14-16,19-20H,7-11H2,1-2H3. The molecule has 5 nitrogen and oxygen atoms in total. The van der Waals surface area contributed by atoms with E-state index in [4.69, 9.17) is 11.6 Å². The van der Waals surface area contributed by atoms with E-state index in [9.17, 15) is 4.79 Å². The summed E-state index contributed by atoms with van der Waals surface area (Å²) in [5.41, 5.74) is 7.48. The molecule has 0 radical (unpaired) electrons. The molecular formula is C17H25ClN4O. The Kier molecular flexibility index (Phi) is 5.21. The summed E-state index contributed by atoms with van der Waals surface area (Å²) in [6.07, 6.45) is 2.11. The largest absolute Gasteiger partial charge is 0.342 e. The zero-order valence-electron chi connectivity index (χ0n) is 13.8. The SMILES string of the molecule is CN(C)C1CCN(C(=O)C2CNNC2c2ccc(Cl)cc2)CC1. The van der Waals surface area contributed by atoms with Crippen molar-refractivity contribution in [2.45, 2.75) is 24.9 Å². The van der Waals surface area contributed by atoms with Gasteiger partial charge in [-0.1, -0.05) is 23.7 Å². The van der Waals surface area contributed by atoms with Crippen LogP contribution >= 0.6 is 11.6 Å². The van der Waals surface area contributed by atoms with Gasteiger partial charge >= 0.3 is 0 Å². The Bertz CT molecular complexity index is 540. The van der Waals surface area contributed by atoms with Crippen molar-refractivity contribution in [3.05, 3.63) is 34.9 Å². The fourth-order valence-corrected chi connectivity index (χ4v) is 3.68. The first-order valence-corrected chi connectivity index (χ1v) is 8.63. The van der Waals surface area contributed by atoms with Crippen LogP contribution in [-0.4, -0.2) is 55.5 Å². The minimum atomic E-state index is -0.0629. The molecule has 0 aliphatic carbocycles. The lowest BCUT2D eigenvalue weighted by Gasteiger charge is -2.36. The molecule has 2 fully saturated rings. The van der Waals surface area contributed by atoms with Crippen LogP contribution in [-0.2, 0) is 4.79 Å². The molecule has 1 amide bonds. The average molecular weight is 337 g/mol. The highest BCUT2D eigenvalue weighted by atomic mass is 35.5. The van der Waals surface area contributed by atoms with Crippen molar-refractivity contribution in [3.63, 3.8) is 0 Å². The van der Waals surface area contributed by atoms with Crippen LogP contribution in [0.2, 0.25) is 5.02 Å². The summed E-state index contributed by atoms with van der Waals surface area (Å²) >= 11 is 5.96. The molecule has 23 heavy (non-hydrogen) atoms. The number of benzene rings is 1. The Balaban J connectivity index is 1.66. The topological polar surface area (TPSA) is 47.6 Å². The molecule has 1 aromatic carbocycles. The molecular weight excluding hydrogens is 312 g/mol. The number of hydrogen-bond donors (Lipinski definition) is 2. The first kappa shape index (κ1) is 16.7. The summed E-state index contributed by atoms with van der Waals surface area (Å²) < 4.78 is 0. The van der Waals surface area contributed by atoms with E-state index in [0.29, 0.717) is 17.6 Å². The Morgan fingerprint density at radius 3 is 2.48 bits per heavy atom. The number of likely N-dealkylation sites (tertiary alicyclic amines) is 1. The van der Waals surface area contributed by atoms with E-state index in [2.05, 4.69) is 29.8 Å². The Hall–Kier alpha value is -1.14. The van der Waals surface area contributed by atoms with Gasteiger partial charge in [0, 0.05) is 30.7 Å². The summed E-state index contributed by atoms with van der Waals surface area (Å²) in [5, 5.41) is 0.716. The van der Waals surface area contributed by atoms with Crippen LogP contribution in [0.1, 0.15) is 24.4 Å². The zero-order valence-corrected chi connectivity index (χ0v) is 14.5. The molecule has 1 aromatic rings. The maximum Gasteiger partial charge on any atom is 0.229 e. The van der Waals surface area contributed by atoms with E-state index >= 15 is 0 Å². The van der Waals surface area contributed by atoms with Crippen LogP contribution in [0, 0.1) is 5.92 Å². The third-order valence-electron chi connectivity index (χ3n) is 5.03. The summed E-state index contributed by atoms with van der Waals surface area (Å²) in [6.45, 7) is 2.37. The molecule has 0 spiro atoms. The van der Waals surface area contributed by atoms with Gasteiger partial charge in [-0.2, -0.15) is 0 Å². The number of halogens is 1. The van der Waals surface area contributed by atoms with Gasteiger partial charge in [0.15, 0.2) is 0 Å². The zero-order chi connectivity index (χ0) is 16.4. The highest BCUT2D eigenvalue weighted by Crippen LogP contribution is 2.28. The number of nitrogens with one attached hydrogen (secondary N) is 2. The first-order chi connectivity index (χ1) is 11.1. The summed E-state index contributed by atoms with van der Waals surface area (Å²) in [5.74, 6) is 0.187. The van der Waals surface area contributed by atoms with E-state index < -0.39 is 0 Å².